The van der Waals surface area contributed by atoms with E-state index in [1.165, 1.54) is 5.56 Å². The van der Waals surface area contributed by atoms with Gasteiger partial charge in [0.05, 0.1) is 32.3 Å². The number of anilines is 1. The van der Waals surface area contributed by atoms with Gasteiger partial charge in [0.25, 0.3) is 5.91 Å². The van der Waals surface area contributed by atoms with Crippen LogP contribution in [-0.4, -0.2) is 46.5 Å². The van der Waals surface area contributed by atoms with E-state index in [1.54, 1.807) is 18.3 Å². The van der Waals surface area contributed by atoms with E-state index in [2.05, 4.69) is 17.2 Å². The number of nitrogens with zero attached hydrogens (tertiary/aromatic N) is 3. The minimum Gasteiger partial charge on any atom is -0.497 e. The topological polar surface area (TPSA) is 85.7 Å². The molecule has 2 aliphatic rings. The number of likely N-dealkylation sites (tertiary alicyclic amines) is 1. The van der Waals surface area contributed by atoms with Crippen molar-refractivity contribution in [1.29, 1.82) is 0 Å². The number of hydrogen-bond donors (Lipinski definition) is 1. The number of ether oxygens (including phenoxy) is 2. The molecule has 0 spiro atoms. The molecule has 1 N–H and O–H groups in total. The van der Waals surface area contributed by atoms with Crippen LogP contribution in [0.25, 0.3) is 0 Å². The highest BCUT2D eigenvalue weighted by molar-refractivity contribution is 5.95. The maximum absolute atomic E-state index is 13.3. The third kappa shape index (κ3) is 4.86. The minimum absolute atomic E-state index is 0.0164. The summed E-state index contributed by atoms with van der Waals surface area (Å²) in [7, 11) is 1.64. The number of aryl methyl sites for hydroxylation is 2. The lowest BCUT2D eigenvalue weighted by molar-refractivity contribution is -0.121. The van der Waals surface area contributed by atoms with E-state index >= 15 is 0 Å². The molecule has 5 rings (SSSR count). The number of imidazole rings is 1. The molecule has 1 atom stereocenters. The number of carbonyl (C=O) groups excluding carboxylic acids is 2. The van der Waals surface area contributed by atoms with Gasteiger partial charge in [0.15, 0.2) is 5.69 Å². The van der Waals surface area contributed by atoms with Crippen molar-refractivity contribution in [3.05, 3.63) is 76.9 Å². The van der Waals surface area contributed by atoms with E-state index in [4.69, 9.17) is 9.47 Å². The SMILES string of the molecule is COc1ccc([C@H]2Cn3cnc(C(=O)N4CCC(C(=O)Nc5ccc(C)c(C)c5)CC4)c3CO2)cc1. The molecule has 0 saturated carbocycles. The molecule has 1 fully saturated rings. The van der Waals surface area contributed by atoms with Crippen molar-refractivity contribution in [3.8, 4) is 5.75 Å². The first kappa shape index (κ1) is 24.1. The van der Waals surface area contributed by atoms with Crippen molar-refractivity contribution in [2.45, 2.75) is 45.9 Å². The maximum Gasteiger partial charge on any atom is 0.274 e. The van der Waals surface area contributed by atoms with Gasteiger partial charge in [-0.05, 0) is 67.6 Å². The third-order valence-electron chi connectivity index (χ3n) is 7.35. The second kappa shape index (κ2) is 10.1. The number of fused-ring (bicyclic) bond motifs is 1. The molecule has 2 amide bonds. The lowest BCUT2D eigenvalue weighted by Gasteiger charge is -2.31. The number of carbonyl (C=O) groups is 2. The lowest BCUT2D eigenvalue weighted by Crippen LogP contribution is -2.42. The lowest BCUT2D eigenvalue weighted by atomic mass is 9.95. The van der Waals surface area contributed by atoms with Crippen molar-refractivity contribution in [2.24, 2.45) is 5.92 Å². The summed E-state index contributed by atoms with van der Waals surface area (Å²) >= 11 is 0. The van der Waals surface area contributed by atoms with E-state index in [1.807, 2.05) is 54.0 Å². The highest BCUT2D eigenvalue weighted by atomic mass is 16.5. The Balaban J connectivity index is 1.18. The summed E-state index contributed by atoms with van der Waals surface area (Å²) in [5.74, 6) is 0.614. The van der Waals surface area contributed by atoms with Gasteiger partial charge in [0.1, 0.15) is 11.9 Å². The first-order valence-corrected chi connectivity index (χ1v) is 12.4. The monoisotopic (exact) mass is 488 g/mol. The van der Waals surface area contributed by atoms with Gasteiger partial charge in [0, 0.05) is 24.7 Å². The number of piperidine rings is 1. The number of rotatable bonds is 5. The summed E-state index contributed by atoms with van der Waals surface area (Å²) < 4.78 is 13.3. The molecule has 36 heavy (non-hydrogen) atoms. The van der Waals surface area contributed by atoms with Crippen LogP contribution >= 0.6 is 0 Å². The average molecular weight is 489 g/mol. The first-order chi connectivity index (χ1) is 17.4. The Morgan fingerprint density at radius 2 is 1.81 bits per heavy atom. The van der Waals surface area contributed by atoms with Gasteiger partial charge < -0.3 is 24.3 Å². The van der Waals surface area contributed by atoms with Gasteiger partial charge in [0.2, 0.25) is 5.91 Å². The van der Waals surface area contributed by atoms with Crippen molar-refractivity contribution in [1.82, 2.24) is 14.5 Å². The van der Waals surface area contributed by atoms with E-state index < -0.39 is 0 Å². The highest BCUT2D eigenvalue weighted by Crippen LogP contribution is 2.30. The summed E-state index contributed by atoms with van der Waals surface area (Å²) in [5.41, 5.74) is 5.47. The Morgan fingerprint density at radius 3 is 2.50 bits per heavy atom. The van der Waals surface area contributed by atoms with E-state index in [9.17, 15) is 9.59 Å². The van der Waals surface area contributed by atoms with Crippen LogP contribution in [0.1, 0.15) is 51.8 Å². The summed E-state index contributed by atoms with van der Waals surface area (Å²) in [6.07, 6.45) is 2.89. The third-order valence-corrected chi connectivity index (χ3v) is 7.35. The molecule has 0 bridgehead atoms. The highest BCUT2D eigenvalue weighted by Gasteiger charge is 2.32. The molecule has 8 heteroatoms. The Bertz CT molecular complexity index is 1260. The van der Waals surface area contributed by atoms with E-state index in [-0.39, 0.29) is 23.8 Å². The Kier molecular flexibility index (Phi) is 6.78. The van der Waals surface area contributed by atoms with E-state index in [0.29, 0.717) is 44.8 Å². The zero-order valence-corrected chi connectivity index (χ0v) is 21.0. The number of methoxy groups -OCH3 is 1. The number of aromatic nitrogens is 2. The second-order valence-corrected chi connectivity index (χ2v) is 9.62. The predicted molar refractivity (Wildman–Crippen MR) is 136 cm³/mol. The molecule has 8 nitrogen and oxygen atoms in total. The van der Waals surface area contributed by atoms with Gasteiger partial charge >= 0.3 is 0 Å². The summed E-state index contributed by atoms with van der Waals surface area (Å²) in [6.45, 7) is 6.08. The maximum atomic E-state index is 13.3. The molecule has 2 aromatic carbocycles. The zero-order valence-electron chi connectivity index (χ0n) is 21.0. The normalized spacial score (nSPS) is 18.0. The molecular formula is C28H32N4O4. The van der Waals surface area contributed by atoms with Crippen LogP contribution in [0.15, 0.2) is 48.8 Å². The minimum atomic E-state index is -0.111. The molecule has 1 aromatic heterocycles. The van der Waals surface area contributed by atoms with Gasteiger partial charge in [-0.2, -0.15) is 0 Å². The summed E-state index contributed by atoms with van der Waals surface area (Å²) in [4.78, 5) is 32.3. The van der Waals surface area contributed by atoms with Crippen LogP contribution in [0.4, 0.5) is 5.69 Å². The predicted octanol–water partition coefficient (Wildman–Crippen LogP) is 4.27. The van der Waals surface area contributed by atoms with Crippen LogP contribution in [0.3, 0.4) is 0 Å². The number of hydrogen-bond acceptors (Lipinski definition) is 5. The largest absolute Gasteiger partial charge is 0.497 e. The Hall–Kier alpha value is -3.65. The van der Waals surface area contributed by atoms with Gasteiger partial charge in [-0.15, -0.1) is 0 Å². The van der Waals surface area contributed by atoms with Gasteiger partial charge in [-0.1, -0.05) is 18.2 Å². The Labute approximate surface area is 211 Å². The smallest absolute Gasteiger partial charge is 0.274 e. The van der Waals surface area contributed by atoms with Crippen LogP contribution in [0.5, 0.6) is 5.75 Å². The van der Waals surface area contributed by atoms with E-state index in [0.717, 1.165) is 28.3 Å². The fraction of sp³-hybridized carbons (Fsp3) is 0.393. The fourth-order valence-corrected chi connectivity index (χ4v) is 4.88. The van der Waals surface area contributed by atoms with Crippen molar-refractivity contribution in [2.75, 3.05) is 25.5 Å². The molecular weight excluding hydrogens is 456 g/mol. The molecule has 3 aromatic rings. The van der Waals surface area contributed by atoms with Gasteiger partial charge in [-0.25, -0.2) is 4.98 Å². The number of nitrogens with one attached hydrogen (secondary N) is 1. The fourth-order valence-electron chi connectivity index (χ4n) is 4.88. The van der Waals surface area contributed by atoms with Crippen molar-refractivity contribution >= 4 is 17.5 Å². The van der Waals surface area contributed by atoms with Gasteiger partial charge in [-0.3, -0.25) is 9.59 Å². The van der Waals surface area contributed by atoms with Crippen LogP contribution in [0.2, 0.25) is 0 Å². The molecule has 0 unspecified atom stereocenters. The van der Waals surface area contributed by atoms with Crippen molar-refractivity contribution in [3.63, 3.8) is 0 Å². The standard InChI is InChI=1S/C28H32N4O4/c1-18-4-7-22(14-19(18)2)30-27(33)21-10-12-31(13-11-21)28(34)26-24-16-36-25(15-32(24)17-29-26)20-5-8-23(35-3)9-6-20/h4-9,14,17,21,25H,10-13,15-16H2,1-3H3,(H,30,33)/t25-/m1/s1. The number of benzene rings is 2. The van der Waals surface area contributed by atoms with Crippen molar-refractivity contribution < 1.29 is 19.1 Å². The average Bonchev–Trinajstić information content (AvgIpc) is 3.34. The van der Waals surface area contributed by atoms with Crippen LogP contribution in [0, 0.1) is 19.8 Å². The quantitative estimate of drug-likeness (QED) is 0.580. The van der Waals surface area contributed by atoms with Crippen LogP contribution in [-0.2, 0) is 22.7 Å². The molecule has 1 saturated heterocycles. The van der Waals surface area contributed by atoms with Crippen LogP contribution < -0.4 is 10.1 Å². The second-order valence-electron chi connectivity index (χ2n) is 9.62. The zero-order chi connectivity index (χ0) is 25.2. The molecule has 0 aliphatic carbocycles. The molecule has 188 valence electrons. The summed E-state index contributed by atoms with van der Waals surface area (Å²) in [6, 6.07) is 13.8. The summed E-state index contributed by atoms with van der Waals surface area (Å²) in [5, 5.41) is 3.03. The Morgan fingerprint density at radius 1 is 1.06 bits per heavy atom. The first-order valence-electron chi connectivity index (χ1n) is 12.4. The molecule has 2 aliphatic heterocycles. The molecule has 3 heterocycles. The molecule has 0 radical (unpaired) electrons. The number of amides is 2.